The third kappa shape index (κ3) is 5.54. The van der Waals surface area contributed by atoms with Gasteiger partial charge in [-0.2, -0.15) is 0 Å². The van der Waals surface area contributed by atoms with Crippen molar-refractivity contribution in [3.05, 3.63) is 93.6 Å². The number of carbonyl (C=O) groups excluding carboxylic acids is 1. The number of aromatic hydroxyl groups is 1. The number of ether oxygens (including phenoxy) is 1. The Kier molecular flexibility index (Phi) is 7.82. The van der Waals surface area contributed by atoms with Crippen LogP contribution >= 0.6 is 0 Å². The molecule has 1 fully saturated rings. The lowest BCUT2D eigenvalue weighted by Gasteiger charge is -2.27. The van der Waals surface area contributed by atoms with E-state index in [0.717, 1.165) is 13.1 Å². The first-order chi connectivity index (χ1) is 19.4. The summed E-state index contributed by atoms with van der Waals surface area (Å²) < 4.78 is 20.2. The van der Waals surface area contributed by atoms with Crippen LogP contribution < -0.4 is 10.9 Å². The number of morpholine rings is 1. The van der Waals surface area contributed by atoms with Crippen LogP contribution in [0.2, 0.25) is 0 Å². The Labute approximate surface area is 229 Å². The average Bonchev–Trinajstić information content (AvgIpc) is 2.98. The summed E-state index contributed by atoms with van der Waals surface area (Å²) in [4.78, 5) is 41.4. The van der Waals surface area contributed by atoms with E-state index in [1.54, 1.807) is 43.5 Å². The van der Waals surface area contributed by atoms with Gasteiger partial charge in [0.25, 0.3) is 11.5 Å². The van der Waals surface area contributed by atoms with Crippen molar-refractivity contribution in [1.29, 1.82) is 0 Å². The van der Waals surface area contributed by atoms with E-state index in [4.69, 9.17) is 11.3 Å². The molecule has 4 aromatic rings. The van der Waals surface area contributed by atoms with Crippen LogP contribution in [0.1, 0.15) is 28.9 Å². The largest absolute Gasteiger partial charge is 0.506 e. The van der Waals surface area contributed by atoms with Gasteiger partial charge < -0.3 is 15.2 Å². The van der Waals surface area contributed by atoms with E-state index in [1.165, 1.54) is 22.9 Å². The van der Waals surface area contributed by atoms with Crippen LogP contribution in [0.5, 0.6) is 5.75 Å². The van der Waals surface area contributed by atoms with Gasteiger partial charge in [-0.25, -0.2) is 14.2 Å². The Balaban J connectivity index is 1.56. The molecule has 0 radical (unpaired) electrons. The lowest BCUT2D eigenvalue weighted by molar-refractivity contribution is 0.0364. The molecule has 0 bridgehead atoms. The summed E-state index contributed by atoms with van der Waals surface area (Å²) in [6.07, 6.45) is 2.98. The highest BCUT2D eigenvalue weighted by atomic mass is 19.1. The predicted molar refractivity (Wildman–Crippen MR) is 147 cm³/mol. The highest BCUT2D eigenvalue weighted by molar-refractivity contribution is 6.02. The van der Waals surface area contributed by atoms with Gasteiger partial charge in [0.05, 0.1) is 36.9 Å². The number of carbonyl (C=O) groups is 1. The second-order valence-electron chi connectivity index (χ2n) is 9.49. The number of rotatable bonds is 7. The fraction of sp³-hybridized carbons (Fsp3) is 0.276. The average molecular weight is 543 g/mol. The molecule has 1 atom stereocenters. The van der Waals surface area contributed by atoms with Gasteiger partial charge >= 0.3 is 0 Å². The van der Waals surface area contributed by atoms with Gasteiger partial charge in [-0.05, 0) is 36.8 Å². The standard InChI is InChI=1S/C29H27FN6O4/c1-18(19-3-5-21(30)6-4-19)34-28(38)25-26(37)23-15-20(24-8-7-22(31-2)17-32-24)16-33-27(23)36(29(25)39)10-9-35-11-13-40-14-12-35/h3-8,15-18,37H,9-14H2,1H3,(H,34,38). The summed E-state index contributed by atoms with van der Waals surface area (Å²) in [5.74, 6) is -1.65. The number of hydrogen-bond acceptors (Lipinski definition) is 7. The molecule has 1 amide bonds. The van der Waals surface area contributed by atoms with E-state index in [1.807, 2.05) is 0 Å². The molecule has 11 heteroatoms. The summed E-state index contributed by atoms with van der Waals surface area (Å²) in [6, 6.07) is 10.0. The minimum absolute atomic E-state index is 0.217. The molecule has 1 unspecified atom stereocenters. The number of nitrogens with zero attached hydrogens (tertiary/aromatic N) is 5. The number of halogens is 1. The molecule has 1 saturated heterocycles. The molecule has 40 heavy (non-hydrogen) atoms. The summed E-state index contributed by atoms with van der Waals surface area (Å²) in [5, 5.41) is 14.2. The number of pyridine rings is 3. The first-order valence-electron chi connectivity index (χ1n) is 12.8. The topological polar surface area (TPSA) is 114 Å². The highest BCUT2D eigenvalue weighted by Crippen LogP contribution is 2.30. The van der Waals surface area contributed by atoms with Gasteiger partial charge in [-0.3, -0.25) is 24.0 Å². The SMILES string of the molecule is [C-]#[N+]c1ccc(-c2cnc3c(c2)c(O)c(C(=O)NC(C)c2ccc(F)cc2)c(=O)n3CCN2CCOCC2)nc1. The molecule has 0 aliphatic carbocycles. The van der Waals surface area contributed by atoms with Crippen LogP contribution in [0.4, 0.5) is 10.1 Å². The van der Waals surface area contributed by atoms with Crippen molar-refractivity contribution in [3.63, 3.8) is 0 Å². The van der Waals surface area contributed by atoms with Crippen molar-refractivity contribution in [1.82, 2.24) is 24.8 Å². The zero-order valence-corrected chi connectivity index (χ0v) is 21.8. The van der Waals surface area contributed by atoms with E-state index in [9.17, 15) is 19.1 Å². The van der Waals surface area contributed by atoms with Crippen molar-refractivity contribution in [2.75, 3.05) is 32.8 Å². The van der Waals surface area contributed by atoms with Crippen LogP contribution in [0.15, 0.2) is 59.7 Å². The fourth-order valence-electron chi connectivity index (χ4n) is 4.66. The number of nitrogens with one attached hydrogen (secondary N) is 1. The zero-order valence-electron chi connectivity index (χ0n) is 21.8. The Morgan fingerprint density at radius 2 is 1.90 bits per heavy atom. The predicted octanol–water partition coefficient (Wildman–Crippen LogP) is 3.68. The minimum Gasteiger partial charge on any atom is -0.506 e. The molecule has 5 rings (SSSR count). The molecule has 4 heterocycles. The Morgan fingerprint density at radius 1 is 1.15 bits per heavy atom. The van der Waals surface area contributed by atoms with E-state index in [2.05, 4.69) is 25.0 Å². The zero-order chi connectivity index (χ0) is 28.2. The monoisotopic (exact) mass is 542 g/mol. The smallest absolute Gasteiger partial charge is 0.268 e. The van der Waals surface area contributed by atoms with Crippen LogP contribution in [0, 0.1) is 12.4 Å². The maximum absolute atomic E-state index is 13.7. The van der Waals surface area contributed by atoms with Crippen molar-refractivity contribution in [2.45, 2.75) is 19.5 Å². The molecule has 3 aromatic heterocycles. The Morgan fingerprint density at radius 3 is 2.58 bits per heavy atom. The number of benzene rings is 1. The van der Waals surface area contributed by atoms with Gasteiger partial charge in [0, 0.05) is 44.1 Å². The quantitative estimate of drug-likeness (QED) is 0.343. The molecular formula is C29H27FN6O4. The summed E-state index contributed by atoms with van der Waals surface area (Å²) >= 11 is 0. The molecule has 0 saturated carbocycles. The third-order valence-corrected chi connectivity index (χ3v) is 6.93. The summed E-state index contributed by atoms with van der Waals surface area (Å²) in [7, 11) is 0. The van der Waals surface area contributed by atoms with E-state index in [-0.39, 0.29) is 17.6 Å². The molecular weight excluding hydrogens is 515 g/mol. The van der Waals surface area contributed by atoms with Crippen molar-refractivity contribution >= 4 is 22.6 Å². The van der Waals surface area contributed by atoms with Gasteiger partial charge in [0.2, 0.25) is 5.69 Å². The highest BCUT2D eigenvalue weighted by Gasteiger charge is 2.25. The van der Waals surface area contributed by atoms with Gasteiger partial charge in [-0.1, -0.05) is 18.2 Å². The number of aromatic nitrogens is 3. The molecule has 1 aliphatic heterocycles. The lowest BCUT2D eigenvalue weighted by atomic mass is 10.1. The molecule has 1 aliphatic rings. The fourth-order valence-corrected chi connectivity index (χ4v) is 4.66. The van der Waals surface area contributed by atoms with Crippen LogP contribution in [0.3, 0.4) is 0 Å². The lowest BCUT2D eigenvalue weighted by Crippen LogP contribution is -2.40. The van der Waals surface area contributed by atoms with Crippen molar-refractivity contribution in [2.24, 2.45) is 0 Å². The normalized spacial score (nSPS) is 14.5. The molecule has 204 valence electrons. The number of amides is 1. The molecule has 2 N–H and O–H groups in total. The van der Waals surface area contributed by atoms with Crippen LogP contribution in [-0.4, -0.2) is 63.3 Å². The van der Waals surface area contributed by atoms with Gasteiger partial charge in [0.15, 0.2) is 0 Å². The molecule has 10 nitrogen and oxygen atoms in total. The third-order valence-electron chi connectivity index (χ3n) is 6.93. The maximum atomic E-state index is 13.7. The van der Waals surface area contributed by atoms with Gasteiger partial charge in [0.1, 0.15) is 22.8 Å². The number of hydrogen-bond donors (Lipinski definition) is 2. The number of fused-ring (bicyclic) bond motifs is 1. The Bertz CT molecular complexity index is 1640. The first-order valence-corrected chi connectivity index (χ1v) is 12.8. The first kappa shape index (κ1) is 26.9. The molecule has 1 aromatic carbocycles. The van der Waals surface area contributed by atoms with E-state index in [0.29, 0.717) is 42.3 Å². The van der Waals surface area contributed by atoms with Crippen LogP contribution in [-0.2, 0) is 11.3 Å². The second kappa shape index (κ2) is 11.6. The summed E-state index contributed by atoms with van der Waals surface area (Å²) in [5.41, 5.74) is 1.25. The minimum atomic E-state index is -0.758. The summed E-state index contributed by atoms with van der Waals surface area (Å²) in [6.45, 7) is 12.2. The van der Waals surface area contributed by atoms with Crippen molar-refractivity contribution < 1.29 is 19.0 Å². The maximum Gasteiger partial charge on any atom is 0.268 e. The Hall–Kier alpha value is -4.66. The van der Waals surface area contributed by atoms with Crippen molar-refractivity contribution in [3.8, 4) is 17.0 Å². The second-order valence-corrected chi connectivity index (χ2v) is 9.49. The van der Waals surface area contributed by atoms with Gasteiger partial charge in [-0.15, -0.1) is 0 Å². The van der Waals surface area contributed by atoms with Crippen LogP contribution in [0.25, 0.3) is 27.1 Å². The van der Waals surface area contributed by atoms with E-state index >= 15 is 0 Å². The van der Waals surface area contributed by atoms with E-state index < -0.39 is 34.6 Å². The molecule has 0 spiro atoms.